The molecule has 31 heavy (non-hydrogen) atoms. The summed E-state index contributed by atoms with van der Waals surface area (Å²) >= 11 is 0. The van der Waals surface area contributed by atoms with E-state index in [-0.39, 0.29) is 22.7 Å². The molecule has 1 aromatic rings. The van der Waals surface area contributed by atoms with Crippen LogP contribution in [-0.2, 0) is 16.0 Å². The van der Waals surface area contributed by atoms with E-state index in [1.807, 2.05) is 18.0 Å². The number of carbonyl (C=O) groups excluding carboxylic acids is 1. The molecule has 0 aromatic carbocycles. The highest BCUT2D eigenvalue weighted by Crippen LogP contribution is 2.69. The van der Waals surface area contributed by atoms with Crippen molar-refractivity contribution in [1.82, 2.24) is 14.9 Å². The number of hydrogen-bond donors (Lipinski definition) is 2. The van der Waals surface area contributed by atoms with Gasteiger partial charge in [0.05, 0.1) is 11.7 Å². The van der Waals surface area contributed by atoms with Gasteiger partial charge in [-0.1, -0.05) is 20.3 Å². The molecule has 2 fully saturated rings. The van der Waals surface area contributed by atoms with Crippen LogP contribution < -0.4 is 0 Å². The maximum Gasteiger partial charge on any atom is 0.309 e. The first-order valence-electron chi connectivity index (χ1n) is 11.9. The molecule has 0 unspecified atom stereocenters. The van der Waals surface area contributed by atoms with Crippen LogP contribution in [0, 0.1) is 28.1 Å². The van der Waals surface area contributed by atoms with Crippen LogP contribution in [0.25, 0.3) is 0 Å². The zero-order valence-corrected chi connectivity index (χ0v) is 19.0. The lowest BCUT2D eigenvalue weighted by molar-refractivity contribution is -0.175. The van der Waals surface area contributed by atoms with Crippen LogP contribution in [0.5, 0.6) is 0 Å². The Morgan fingerprint density at radius 2 is 2.03 bits per heavy atom. The third-order valence-corrected chi connectivity index (χ3v) is 9.73. The van der Waals surface area contributed by atoms with Crippen LogP contribution in [0.3, 0.4) is 0 Å². The third kappa shape index (κ3) is 2.86. The maximum absolute atomic E-state index is 13.6. The largest absolute Gasteiger partial charge is 0.481 e. The van der Waals surface area contributed by atoms with Gasteiger partial charge in [-0.25, -0.2) is 4.98 Å². The van der Waals surface area contributed by atoms with E-state index in [9.17, 15) is 14.7 Å². The molecule has 5 atom stereocenters. The molecule has 0 saturated heterocycles. The molecule has 0 bridgehead atoms. The third-order valence-electron chi connectivity index (χ3n) is 9.73. The molecule has 4 aliphatic rings. The van der Waals surface area contributed by atoms with Crippen LogP contribution in [0.15, 0.2) is 23.7 Å². The Labute approximate surface area is 184 Å². The summed E-state index contributed by atoms with van der Waals surface area (Å²) in [4.78, 5) is 35.1. The van der Waals surface area contributed by atoms with E-state index >= 15 is 0 Å². The molecular formula is C25H35N3O3. The van der Waals surface area contributed by atoms with Crippen molar-refractivity contribution in [2.24, 2.45) is 28.1 Å². The number of carboxylic acid groups (broad SMARTS) is 1. The van der Waals surface area contributed by atoms with Gasteiger partial charge in [-0.15, -0.1) is 0 Å². The number of carboxylic acids is 1. The van der Waals surface area contributed by atoms with Crippen LogP contribution >= 0.6 is 0 Å². The number of imidazole rings is 1. The molecule has 1 amide bonds. The predicted molar refractivity (Wildman–Crippen MR) is 117 cm³/mol. The van der Waals surface area contributed by atoms with E-state index in [1.165, 1.54) is 5.57 Å². The Balaban J connectivity index is 1.42. The topological polar surface area (TPSA) is 86.3 Å². The SMILES string of the molecule is C[C@]12CCC[C@](C)(C(=O)O)[C@@H]1CC[C@@]1(C)C3=C(CC[C@H]21)CN(CCc1cnc[nH]1)C3=O. The van der Waals surface area contributed by atoms with Gasteiger partial charge in [0.25, 0.3) is 5.91 Å². The van der Waals surface area contributed by atoms with Gasteiger partial charge in [-0.3, -0.25) is 9.59 Å². The minimum Gasteiger partial charge on any atom is -0.481 e. The lowest BCUT2D eigenvalue weighted by Crippen LogP contribution is -2.59. The molecule has 0 radical (unpaired) electrons. The number of aromatic nitrogens is 2. The second-order valence-corrected chi connectivity index (χ2v) is 11.2. The van der Waals surface area contributed by atoms with Crippen LogP contribution in [0.1, 0.15) is 71.4 Å². The molecule has 168 valence electrons. The van der Waals surface area contributed by atoms with Crippen LogP contribution in [0.4, 0.5) is 0 Å². The summed E-state index contributed by atoms with van der Waals surface area (Å²) in [5.74, 6) is 0.165. The Morgan fingerprint density at radius 1 is 1.23 bits per heavy atom. The highest BCUT2D eigenvalue weighted by molar-refractivity contribution is 5.98. The quantitative estimate of drug-likeness (QED) is 0.757. The highest BCUT2D eigenvalue weighted by atomic mass is 16.4. The fraction of sp³-hybridized carbons (Fsp3) is 0.720. The second-order valence-electron chi connectivity index (χ2n) is 11.2. The van der Waals surface area contributed by atoms with Crippen molar-refractivity contribution < 1.29 is 14.7 Å². The molecule has 1 aromatic heterocycles. The first kappa shape index (κ1) is 20.8. The number of aliphatic carboxylic acids is 1. The van der Waals surface area contributed by atoms with Gasteiger partial charge in [-0.05, 0) is 68.3 Å². The molecule has 1 aliphatic heterocycles. The molecule has 2 saturated carbocycles. The number of nitrogens with zero attached hydrogens (tertiary/aromatic N) is 2. The van der Waals surface area contributed by atoms with Crippen molar-refractivity contribution >= 4 is 11.9 Å². The average Bonchev–Trinajstić information content (AvgIpc) is 3.34. The van der Waals surface area contributed by atoms with Gasteiger partial charge < -0.3 is 15.0 Å². The number of amides is 1. The number of H-pyrrole nitrogens is 1. The average molecular weight is 426 g/mol. The van der Waals surface area contributed by atoms with E-state index < -0.39 is 11.4 Å². The number of nitrogens with one attached hydrogen (secondary N) is 1. The Morgan fingerprint density at radius 3 is 2.74 bits per heavy atom. The number of carbonyl (C=O) groups is 2. The molecule has 2 N–H and O–H groups in total. The smallest absolute Gasteiger partial charge is 0.309 e. The standard InChI is InChI=1S/C25H35N3O3/c1-23-9-4-10-25(3,22(30)31)19(23)7-11-24(2)18(23)6-5-16-14-28(21(29)20(16)24)12-8-17-13-26-15-27-17/h13,15,18-19H,4-12,14H2,1-3H3,(H,26,27)(H,30,31)/t18-,19-,23-,24-,25+/m1/s1. The van der Waals surface area contributed by atoms with E-state index in [2.05, 4.69) is 23.8 Å². The molecule has 3 aliphatic carbocycles. The predicted octanol–water partition coefficient (Wildman–Crippen LogP) is 4.20. The first-order valence-corrected chi connectivity index (χ1v) is 11.9. The van der Waals surface area contributed by atoms with Crippen molar-refractivity contribution in [3.63, 3.8) is 0 Å². The number of rotatable bonds is 4. The van der Waals surface area contributed by atoms with Crippen LogP contribution in [0.2, 0.25) is 0 Å². The van der Waals surface area contributed by atoms with Crippen molar-refractivity contribution in [2.75, 3.05) is 13.1 Å². The minimum absolute atomic E-state index is 0.0134. The van der Waals surface area contributed by atoms with E-state index in [4.69, 9.17) is 0 Å². The molecule has 5 rings (SSSR count). The fourth-order valence-electron chi connectivity index (χ4n) is 8.25. The van der Waals surface area contributed by atoms with Crippen molar-refractivity contribution in [2.45, 2.75) is 72.1 Å². The Bertz CT molecular complexity index is 938. The molecular weight excluding hydrogens is 390 g/mol. The zero-order chi connectivity index (χ0) is 22.0. The number of hydrogen-bond acceptors (Lipinski definition) is 3. The first-order chi connectivity index (χ1) is 14.7. The molecule has 6 nitrogen and oxygen atoms in total. The van der Waals surface area contributed by atoms with Crippen molar-refractivity contribution in [1.29, 1.82) is 0 Å². The van der Waals surface area contributed by atoms with Crippen LogP contribution in [-0.4, -0.2) is 44.9 Å². The number of aromatic amines is 1. The highest BCUT2D eigenvalue weighted by Gasteiger charge is 2.64. The summed E-state index contributed by atoms with van der Waals surface area (Å²) < 4.78 is 0. The molecule has 2 heterocycles. The summed E-state index contributed by atoms with van der Waals surface area (Å²) in [5.41, 5.74) is 2.70. The molecule has 0 spiro atoms. The summed E-state index contributed by atoms with van der Waals surface area (Å²) in [6.07, 6.45) is 11.0. The van der Waals surface area contributed by atoms with Gasteiger partial charge in [0, 0.05) is 42.4 Å². The van der Waals surface area contributed by atoms with Crippen molar-refractivity contribution in [3.8, 4) is 0 Å². The van der Waals surface area contributed by atoms with Gasteiger partial charge >= 0.3 is 5.97 Å². The zero-order valence-electron chi connectivity index (χ0n) is 19.0. The lowest BCUT2D eigenvalue weighted by atomic mass is 9.40. The second kappa shape index (κ2) is 6.94. The van der Waals surface area contributed by atoms with E-state index in [0.717, 1.165) is 69.2 Å². The Kier molecular flexibility index (Phi) is 4.65. The Hall–Kier alpha value is -2.11. The van der Waals surface area contributed by atoms with E-state index in [1.54, 1.807) is 6.33 Å². The summed E-state index contributed by atoms with van der Waals surface area (Å²) in [6.45, 7) is 8.12. The van der Waals surface area contributed by atoms with Gasteiger partial charge in [0.15, 0.2) is 0 Å². The molecule has 6 heteroatoms. The maximum atomic E-state index is 13.6. The van der Waals surface area contributed by atoms with E-state index in [0.29, 0.717) is 12.5 Å². The fourth-order valence-corrected chi connectivity index (χ4v) is 8.25. The monoisotopic (exact) mass is 425 g/mol. The van der Waals surface area contributed by atoms with Gasteiger partial charge in [0.1, 0.15) is 0 Å². The van der Waals surface area contributed by atoms with Crippen molar-refractivity contribution in [3.05, 3.63) is 29.4 Å². The van der Waals surface area contributed by atoms with Gasteiger partial charge in [0.2, 0.25) is 0 Å². The number of fused-ring (bicyclic) bond motifs is 4. The summed E-state index contributed by atoms with van der Waals surface area (Å²) in [5, 5.41) is 10.1. The normalized spacial score (nSPS) is 39.8. The summed E-state index contributed by atoms with van der Waals surface area (Å²) in [7, 11) is 0. The lowest BCUT2D eigenvalue weighted by Gasteiger charge is -2.63. The summed E-state index contributed by atoms with van der Waals surface area (Å²) in [6, 6.07) is 0. The minimum atomic E-state index is -0.640. The van der Waals surface area contributed by atoms with Gasteiger partial charge in [-0.2, -0.15) is 0 Å².